The second kappa shape index (κ2) is 3.62. The number of nitrogens with one attached hydrogen (secondary N) is 1. The molecular formula is C11H14N4. The quantitative estimate of drug-likeness (QED) is 0.762. The molecule has 0 saturated carbocycles. The fraction of sp³-hybridized carbons (Fsp3) is 0.455. The van der Waals surface area contributed by atoms with Crippen LogP contribution in [-0.4, -0.2) is 21.1 Å². The monoisotopic (exact) mass is 202 g/mol. The first kappa shape index (κ1) is 8.85. The van der Waals surface area contributed by atoms with Gasteiger partial charge in [0, 0.05) is 18.5 Å². The zero-order valence-electron chi connectivity index (χ0n) is 8.56. The molecule has 2 aromatic heterocycles. The third-order valence-corrected chi connectivity index (χ3v) is 2.92. The van der Waals surface area contributed by atoms with E-state index in [1.54, 1.807) is 6.20 Å². The molecule has 1 fully saturated rings. The Balaban J connectivity index is 1.96. The molecule has 0 bridgehead atoms. The highest BCUT2D eigenvalue weighted by molar-refractivity contribution is 5.39. The van der Waals surface area contributed by atoms with Gasteiger partial charge in [0.05, 0.1) is 11.7 Å². The minimum atomic E-state index is 0.417. The van der Waals surface area contributed by atoms with Crippen LogP contribution in [0.1, 0.15) is 31.0 Å². The number of aromatic nitrogens is 3. The standard InChI is InChI=1S/C11H14N4/c1-2-5-12-9(4-1)10-8-11-13-6-3-7-15(11)14-10/h3,6-9,12H,1-2,4-5H2. The van der Waals surface area contributed by atoms with E-state index in [9.17, 15) is 0 Å². The topological polar surface area (TPSA) is 42.2 Å². The third kappa shape index (κ3) is 1.61. The molecule has 1 saturated heterocycles. The lowest BCUT2D eigenvalue weighted by atomic mass is 10.0. The van der Waals surface area contributed by atoms with Gasteiger partial charge in [-0.1, -0.05) is 6.42 Å². The molecule has 1 N–H and O–H groups in total. The maximum absolute atomic E-state index is 4.53. The van der Waals surface area contributed by atoms with Gasteiger partial charge in [0.25, 0.3) is 0 Å². The minimum Gasteiger partial charge on any atom is -0.309 e. The Kier molecular flexibility index (Phi) is 2.14. The molecule has 4 heteroatoms. The van der Waals surface area contributed by atoms with Gasteiger partial charge >= 0.3 is 0 Å². The van der Waals surface area contributed by atoms with Crippen LogP contribution in [0.2, 0.25) is 0 Å². The number of hydrogen-bond acceptors (Lipinski definition) is 3. The van der Waals surface area contributed by atoms with E-state index < -0.39 is 0 Å². The van der Waals surface area contributed by atoms with Crippen molar-refractivity contribution in [3.05, 3.63) is 30.2 Å². The summed E-state index contributed by atoms with van der Waals surface area (Å²) < 4.78 is 1.84. The van der Waals surface area contributed by atoms with Crippen molar-refractivity contribution in [2.45, 2.75) is 25.3 Å². The summed E-state index contributed by atoms with van der Waals surface area (Å²) in [5, 5.41) is 8.02. The Morgan fingerprint density at radius 1 is 1.40 bits per heavy atom. The molecule has 0 radical (unpaired) electrons. The maximum atomic E-state index is 4.53. The second-order valence-corrected chi connectivity index (χ2v) is 3.99. The van der Waals surface area contributed by atoms with E-state index in [2.05, 4.69) is 21.5 Å². The molecule has 3 heterocycles. The maximum Gasteiger partial charge on any atom is 0.155 e. The summed E-state index contributed by atoms with van der Waals surface area (Å²) in [6, 6.07) is 4.39. The van der Waals surface area contributed by atoms with Crippen LogP contribution in [0.5, 0.6) is 0 Å². The number of hydrogen-bond donors (Lipinski definition) is 1. The average Bonchev–Trinajstić information content (AvgIpc) is 2.74. The summed E-state index contributed by atoms with van der Waals surface area (Å²) in [7, 11) is 0. The SMILES string of the molecule is c1cnc2cc(C3CCCCN3)nn2c1. The predicted molar refractivity (Wildman–Crippen MR) is 57.6 cm³/mol. The summed E-state index contributed by atoms with van der Waals surface area (Å²) >= 11 is 0. The van der Waals surface area contributed by atoms with E-state index in [1.165, 1.54) is 19.3 Å². The van der Waals surface area contributed by atoms with E-state index in [0.717, 1.165) is 17.9 Å². The Bertz CT molecular complexity index is 423. The van der Waals surface area contributed by atoms with Gasteiger partial charge in [0.2, 0.25) is 0 Å². The number of rotatable bonds is 1. The fourth-order valence-electron chi connectivity index (χ4n) is 2.12. The number of piperidine rings is 1. The lowest BCUT2D eigenvalue weighted by Gasteiger charge is -2.21. The van der Waals surface area contributed by atoms with Crippen LogP contribution in [-0.2, 0) is 0 Å². The van der Waals surface area contributed by atoms with Crippen LogP contribution in [0.3, 0.4) is 0 Å². The van der Waals surface area contributed by atoms with E-state index >= 15 is 0 Å². The van der Waals surface area contributed by atoms with Crippen LogP contribution < -0.4 is 5.32 Å². The molecule has 2 aromatic rings. The lowest BCUT2D eigenvalue weighted by molar-refractivity contribution is 0.404. The highest BCUT2D eigenvalue weighted by atomic mass is 15.3. The molecule has 1 atom stereocenters. The van der Waals surface area contributed by atoms with Crippen LogP contribution in [0.15, 0.2) is 24.5 Å². The zero-order chi connectivity index (χ0) is 10.1. The van der Waals surface area contributed by atoms with Crippen LogP contribution in [0.25, 0.3) is 5.65 Å². The zero-order valence-corrected chi connectivity index (χ0v) is 8.56. The van der Waals surface area contributed by atoms with Crippen molar-refractivity contribution in [2.24, 2.45) is 0 Å². The molecule has 0 aromatic carbocycles. The Morgan fingerprint density at radius 2 is 2.40 bits per heavy atom. The molecule has 0 spiro atoms. The van der Waals surface area contributed by atoms with Crippen molar-refractivity contribution < 1.29 is 0 Å². The van der Waals surface area contributed by atoms with Crippen molar-refractivity contribution in [1.82, 2.24) is 19.9 Å². The van der Waals surface area contributed by atoms with Crippen LogP contribution in [0.4, 0.5) is 0 Å². The molecule has 1 aliphatic heterocycles. The van der Waals surface area contributed by atoms with E-state index in [1.807, 2.05) is 16.8 Å². The Hall–Kier alpha value is -1.42. The molecule has 0 aliphatic carbocycles. The third-order valence-electron chi connectivity index (χ3n) is 2.92. The normalized spacial score (nSPS) is 22.0. The predicted octanol–water partition coefficient (Wildman–Crippen LogP) is 1.54. The van der Waals surface area contributed by atoms with Gasteiger partial charge < -0.3 is 5.32 Å². The first-order valence-electron chi connectivity index (χ1n) is 5.47. The van der Waals surface area contributed by atoms with Gasteiger partial charge in [0.15, 0.2) is 5.65 Å². The molecule has 1 unspecified atom stereocenters. The molecular weight excluding hydrogens is 188 g/mol. The molecule has 1 aliphatic rings. The highest BCUT2D eigenvalue weighted by Crippen LogP contribution is 2.22. The Labute approximate surface area is 88.3 Å². The van der Waals surface area contributed by atoms with Crippen LogP contribution in [0, 0.1) is 0 Å². The van der Waals surface area contributed by atoms with Crippen LogP contribution >= 0.6 is 0 Å². The van der Waals surface area contributed by atoms with Crippen molar-refractivity contribution in [2.75, 3.05) is 6.54 Å². The summed E-state index contributed by atoms with van der Waals surface area (Å²) in [6.45, 7) is 1.10. The molecule has 78 valence electrons. The van der Waals surface area contributed by atoms with Crippen molar-refractivity contribution in [1.29, 1.82) is 0 Å². The van der Waals surface area contributed by atoms with Gasteiger partial charge in [-0.25, -0.2) is 9.50 Å². The molecule has 0 amide bonds. The van der Waals surface area contributed by atoms with Crippen molar-refractivity contribution in [3.8, 4) is 0 Å². The number of fused-ring (bicyclic) bond motifs is 1. The second-order valence-electron chi connectivity index (χ2n) is 3.99. The summed E-state index contributed by atoms with van der Waals surface area (Å²) in [6.07, 6.45) is 7.49. The molecule has 3 rings (SSSR count). The smallest absolute Gasteiger partial charge is 0.155 e. The minimum absolute atomic E-state index is 0.417. The van der Waals surface area contributed by atoms with E-state index in [-0.39, 0.29) is 0 Å². The largest absolute Gasteiger partial charge is 0.309 e. The van der Waals surface area contributed by atoms with Gasteiger partial charge in [-0.2, -0.15) is 5.10 Å². The Morgan fingerprint density at radius 3 is 3.20 bits per heavy atom. The van der Waals surface area contributed by atoms with E-state index in [4.69, 9.17) is 0 Å². The summed E-state index contributed by atoms with van der Waals surface area (Å²) in [5.41, 5.74) is 2.05. The van der Waals surface area contributed by atoms with Gasteiger partial charge in [-0.15, -0.1) is 0 Å². The lowest BCUT2D eigenvalue weighted by Crippen LogP contribution is -2.27. The highest BCUT2D eigenvalue weighted by Gasteiger charge is 2.17. The number of nitrogens with zero attached hydrogens (tertiary/aromatic N) is 3. The van der Waals surface area contributed by atoms with Gasteiger partial charge in [-0.3, -0.25) is 0 Å². The van der Waals surface area contributed by atoms with Crippen molar-refractivity contribution >= 4 is 5.65 Å². The van der Waals surface area contributed by atoms with Gasteiger partial charge in [-0.05, 0) is 25.5 Å². The van der Waals surface area contributed by atoms with Gasteiger partial charge in [0.1, 0.15) is 0 Å². The van der Waals surface area contributed by atoms with E-state index in [0.29, 0.717) is 6.04 Å². The molecule has 4 nitrogen and oxygen atoms in total. The summed E-state index contributed by atoms with van der Waals surface area (Å²) in [4.78, 5) is 4.27. The summed E-state index contributed by atoms with van der Waals surface area (Å²) in [5.74, 6) is 0. The average molecular weight is 202 g/mol. The fourth-order valence-corrected chi connectivity index (χ4v) is 2.12. The first-order valence-corrected chi connectivity index (χ1v) is 5.47. The van der Waals surface area contributed by atoms with Crippen molar-refractivity contribution in [3.63, 3.8) is 0 Å². The first-order chi connectivity index (χ1) is 7.43. The molecule has 15 heavy (non-hydrogen) atoms.